The normalized spacial score (nSPS) is 10.7. The number of carbonyl (C=O) groups is 2. The fourth-order valence-electron chi connectivity index (χ4n) is 1.62. The summed E-state index contributed by atoms with van der Waals surface area (Å²) < 4.78 is 0. The Kier molecular flexibility index (Phi) is 4.32. The lowest BCUT2D eigenvalue weighted by atomic mass is 10.2. The molecule has 5 heteroatoms. The maximum atomic E-state index is 12.1. The van der Waals surface area contributed by atoms with Gasteiger partial charge in [0.1, 0.15) is 0 Å². The summed E-state index contributed by atoms with van der Waals surface area (Å²) >= 11 is 1.28. The predicted octanol–water partition coefficient (Wildman–Crippen LogP) is 3.41. The molecular weight excluding hydrogens is 274 g/mol. The molecule has 2 rings (SSSR count). The number of anilines is 1. The minimum absolute atomic E-state index is 0.242. The van der Waals surface area contributed by atoms with Gasteiger partial charge in [-0.2, -0.15) is 0 Å². The van der Waals surface area contributed by atoms with Gasteiger partial charge in [0, 0.05) is 11.8 Å². The van der Waals surface area contributed by atoms with Crippen molar-refractivity contribution in [3.8, 4) is 0 Å². The van der Waals surface area contributed by atoms with Gasteiger partial charge in [0.2, 0.25) is 0 Å². The summed E-state index contributed by atoms with van der Waals surface area (Å²) in [6.07, 6.45) is 2.44. The Morgan fingerprint density at radius 1 is 1.20 bits per heavy atom. The Morgan fingerprint density at radius 3 is 2.55 bits per heavy atom. The highest BCUT2D eigenvalue weighted by Gasteiger charge is 2.11. The molecule has 0 aliphatic carbocycles. The van der Waals surface area contributed by atoms with Gasteiger partial charge in [-0.1, -0.05) is 17.7 Å². The molecule has 0 aliphatic rings. The van der Waals surface area contributed by atoms with Crippen molar-refractivity contribution in [1.29, 1.82) is 0 Å². The third kappa shape index (κ3) is 3.55. The molecule has 0 bridgehead atoms. The van der Waals surface area contributed by atoms with E-state index in [0.29, 0.717) is 16.1 Å². The second kappa shape index (κ2) is 6.16. The lowest BCUT2D eigenvalue weighted by Gasteiger charge is -2.04. The maximum Gasteiger partial charge on any atom is 0.328 e. The van der Waals surface area contributed by atoms with Gasteiger partial charge in [-0.3, -0.25) is 4.79 Å². The smallest absolute Gasteiger partial charge is 0.328 e. The Balaban J connectivity index is 2.15. The van der Waals surface area contributed by atoms with E-state index in [9.17, 15) is 9.59 Å². The summed E-state index contributed by atoms with van der Waals surface area (Å²) in [4.78, 5) is 23.1. The van der Waals surface area contributed by atoms with Crippen LogP contribution in [0.1, 0.15) is 20.8 Å². The fraction of sp³-hybridized carbons (Fsp3) is 0.0667. The molecule has 1 aromatic carbocycles. The van der Waals surface area contributed by atoms with E-state index in [1.165, 1.54) is 17.4 Å². The third-order valence-electron chi connectivity index (χ3n) is 2.62. The molecule has 0 atom stereocenters. The predicted molar refractivity (Wildman–Crippen MR) is 80.1 cm³/mol. The van der Waals surface area contributed by atoms with Crippen LogP contribution in [0.3, 0.4) is 0 Å². The molecule has 1 aromatic heterocycles. The molecule has 102 valence electrons. The first-order chi connectivity index (χ1) is 9.56. The summed E-state index contributed by atoms with van der Waals surface area (Å²) in [6, 6.07) is 9.19. The van der Waals surface area contributed by atoms with E-state index in [2.05, 4.69) is 5.32 Å². The van der Waals surface area contributed by atoms with Gasteiger partial charge in [-0.15, -0.1) is 11.3 Å². The minimum Gasteiger partial charge on any atom is -0.478 e. The number of aryl methyl sites for hydroxylation is 1. The van der Waals surface area contributed by atoms with Crippen LogP contribution >= 0.6 is 11.3 Å². The average molecular weight is 287 g/mol. The van der Waals surface area contributed by atoms with Crippen molar-refractivity contribution in [3.63, 3.8) is 0 Å². The SMILES string of the molecule is Cc1ccc(NC(=O)c2sccc2C=CC(=O)O)cc1. The number of rotatable bonds is 4. The van der Waals surface area contributed by atoms with Crippen LogP contribution < -0.4 is 5.32 Å². The number of amides is 1. The van der Waals surface area contributed by atoms with Crippen molar-refractivity contribution < 1.29 is 14.7 Å². The van der Waals surface area contributed by atoms with Crippen LogP contribution in [0, 0.1) is 6.92 Å². The van der Waals surface area contributed by atoms with Crippen molar-refractivity contribution >= 4 is 35.0 Å². The third-order valence-corrected chi connectivity index (χ3v) is 3.55. The molecule has 2 N–H and O–H groups in total. The standard InChI is InChI=1S/C15H13NO3S/c1-10-2-5-12(6-3-10)16-15(19)14-11(8-9-20-14)4-7-13(17)18/h2-9H,1H3,(H,16,19)(H,17,18). The zero-order chi connectivity index (χ0) is 14.5. The molecule has 0 saturated heterocycles. The highest BCUT2D eigenvalue weighted by atomic mass is 32.1. The second-order valence-electron chi connectivity index (χ2n) is 4.20. The van der Waals surface area contributed by atoms with Gasteiger partial charge in [-0.25, -0.2) is 4.79 Å². The summed E-state index contributed by atoms with van der Waals surface area (Å²) in [6.45, 7) is 1.97. The number of benzene rings is 1. The van der Waals surface area contributed by atoms with E-state index in [-0.39, 0.29) is 5.91 Å². The molecule has 1 heterocycles. The fourth-order valence-corrected chi connectivity index (χ4v) is 2.40. The first kappa shape index (κ1) is 14.0. The van der Waals surface area contributed by atoms with Gasteiger partial charge in [0.15, 0.2) is 0 Å². The number of carboxylic acid groups (broad SMARTS) is 1. The molecular formula is C15H13NO3S. The molecule has 0 unspecified atom stereocenters. The van der Waals surface area contributed by atoms with Crippen molar-refractivity contribution in [3.05, 3.63) is 57.8 Å². The first-order valence-electron chi connectivity index (χ1n) is 5.93. The van der Waals surface area contributed by atoms with Crippen LogP contribution in [-0.4, -0.2) is 17.0 Å². The number of thiophene rings is 1. The second-order valence-corrected chi connectivity index (χ2v) is 5.11. The largest absolute Gasteiger partial charge is 0.478 e. The van der Waals surface area contributed by atoms with E-state index in [1.807, 2.05) is 31.2 Å². The zero-order valence-corrected chi connectivity index (χ0v) is 11.6. The molecule has 1 amide bonds. The van der Waals surface area contributed by atoms with Gasteiger partial charge in [0.05, 0.1) is 4.88 Å². The molecule has 20 heavy (non-hydrogen) atoms. The highest BCUT2D eigenvalue weighted by Crippen LogP contribution is 2.20. The topological polar surface area (TPSA) is 66.4 Å². The number of aliphatic carboxylic acids is 1. The van der Waals surface area contributed by atoms with Crippen molar-refractivity contribution in [1.82, 2.24) is 0 Å². The molecule has 2 aromatic rings. The maximum absolute atomic E-state index is 12.1. The quantitative estimate of drug-likeness (QED) is 0.847. The first-order valence-corrected chi connectivity index (χ1v) is 6.81. The van der Waals surface area contributed by atoms with Gasteiger partial charge >= 0.3 is 5.97 Å². The van der Waals surface area contributed by atoms with Gasteiger partial charge < -0.3 is 10.4 Å². The number of hydrogen-bond donors (Lipinski definition) is 2. The summed E-state index contributed by atoms with van der Waals surface area (Å²) in [7, 11) is 0. The molecule has 0 fully saturated rings. The summed E-state index contributed by atoms with van der Waals surface area (Å²) in [5, 5.41) is 13.2. The minimum atomic E-state index is -1.04. The number of carbonyl (C=O) groups excluding carboxylic acids is 1. The molecule has 4 nitrogen and oxygen atoms in total. The summed E-state index contributed by atoms with van der Waals surface area (Å²) in [5.74, 6) is -1.28. The summed E-state index contributed by atoms with van der Waals surface area (Å²) in [5.41, 5.74) is 2.42. The van der Waals surface area contributed by atoms with E-state index in [0.717, 1.165) is 11.6 Å². The van der Waals surface area contributed by atoms with Gasteiger partial charge in [0.25, 0.3) is 5.91 Å². The Morgan fingerprint density at radius 2 is 1.90 bits per heavy atom. The van der Waals surface area contributed by atoms with Crippen LogP contribution in [0.4, 0.5) is 5.69 Å². The van der Waals surface area contributed by atoms with E-state index >= 15 is 0 Å². The van der Waals surface area contributed by atoms with E-state index in [1.54, 1.807) is 11.4 Å². The van der Waals surface area contributed by atoms with Crippen LogP contribution in [0.25, 0.3) is 6.08 Å². The monoisotopic (exact) mass is 287 g/mol. The number of carboxylic acids is 1. The molecule has 0 radical (unpaired) electrons. The Bertz CT molecular complexity index is 656. The average Bonchev–Trinajstić information content (AvgIpc) is 2.87. The highest BCUT2D eigenvalue weighted by molar-refractivity contribution is 7.12. The van der Waals surface area contributed by atoms with Crippen LogP contribution in [0.5, 0.6) is 0 Å². The van der Waals surface area contributed by atoms with E-state index in [4.69, 9.17) is 5.11 Å². The van der Waals surface area contributed by atoms with E-state index < -0.39 is 5.97 Å². The Labute approximate surface area is 120 Å². The van der Waals surface area contributed by atoms with Crippen LogP contribution in [0.2, 0.25) is 0 Å². The van der Waals surface area contributed by atoms with Crippen LogP contribution in [0.15, 0.2) is 41.8 Å². The number of hydrogen-bond acceptors (Lipinski definition) is 3. The number of nitrogens with one attached hydrogen (secondary N) is 1. The lowest BCUT2D eigenvalue weighted by molar-refractivity contribution is -0.131. The molecule has 0 spiro atoms. The van der Waals surface area contributed by atoms with Crippen molar-refractivity contribution in [2.24, 2.45) is 0 Å². The van der Waals surface area contributed by atoms with Crippen molar-refractivity contribution in [2.45, 2.75) is 6.92 Å². The van der Waals surface area contributed by atoms with Gasteiger partial charge in [-0.05, 0) is 42.1 Å². The van der Waals surface area contributed by atoms with Crippen molar-refractivity contribution in [2.75, 3.05) is 5.32 Å². The zero-order valence-electron chi connectivity index (χ0n) is 10.8. The Hall–Kier alpha value is -2.40. The lowest BCUT2D eigenvalue weighted by Crippen LogP contribution is -2.11. The molecule has 0 saturated carbocycles. The van der Waals surface area contributed by atoms with Crippen LogP contribution in [-0.2, 0) is 4.79 Å². The molecule has 0 aliphatic heterocycles.